The van der Waals surface area contributed by atoms with Crippen molar-refractivity contribution in [2.24, 2.45) is 0 Å². The van der Waals surface area contributed by atoms with E-state index in [4.69, 9.17) is 51.1 Å². The molecular weight excluding hydrogens is 482 g/mol. The van der Waals surface area contributed by atoms with Crippen LogP contribution in [0.1, 0.15) is 32.8 Å². The number of carbonyl (C=O) groups excluding carboxylic acids is 2. The molecule has 2 atom stereocenters. The number of benzene rings is 2. The van der Waals surface area contributed by atoms with Crippen molar-refractivity contribution < 1.29 is 14.3 Å². The highest BCUT2D eigenvalue weighted by Gasteiger charge is 2.28. The first kappa shape index (κ1) is 25.6. The van der Waals surface area contributed by atoms with Crippen molar-refractivity contribution in [3.8, 4) is 5.75 Å². The van der Waals surface area contributed by atoms with E-state index in [9.17, 15) is 9.59 Å². The SMILES string of the molecule is CC[C@H](C)NC(=O)[C@@H](C)N(Cc1c(Cl)cccc1Cl)C(=O)COc1ccc(Cl)cc1Cl. The molecule has 0 saturated heterocycles. The van der Waals surface area contributed by atoms with Crippen molar-refractivity contribution in [3.05, 3.63) is 62.1 Å². The standard InChI is InChI=1S/C22H24Cl4N2O3/c1-4-13(2)27-22(30)14(3)28(11-16-17(24)6-5-7-18(16)25)21(29)12-31-20-9-8-15(23)10-19(20)26/h5-10,13-14H,4,11-12H2,1-3H3,(H,27,30)/t13-,14+/m0/s1. The predicted molar refractivity (Wildman–Crippen MR) is 126 cm³/mol. The summed E-state index contributed by atoms with van der Waals surface area (Å²) >= 11 is 24.6. The zero-order chi connectivity index (χ0) is 23.1. The fourth-order valence-electron chi connectivity index (χ4n) is 2.72. The summed E-state index contributed by atoms with van der Waals surface area (Å²) in [7, 11) is 0. The zero-order valence-corrected chi connectivity index (χ0v) is 20.4. The van der Waals surface area contributed by atoms with Gasteiger partial charge < -0.3 is 15.0 Å². The minimum atomic E-state index is -0.780. The molecule has 0 aliphatic heterocycles. The van der Waals surface area contributed by atoms with Crippen molar-refractivity contribution in [2.45, 2.75) is 45.8 Å². The van der Waals surface area contributed by atoms with Crippen LogP contribution in [0.3, 0.4) is 0 Å². The van der Waals surface area contributed by atoms with Gasteiger partial charge >= 0.3 is 0 Å². The molecule has 0 aliphatic carbocycles. The second-order valence-corrected chi connectivity index (χ2v) is 8.74. The maximum absolute atomic E-state index is 13.1. The van der Waals surface area contributed by atoms with Gasteiger partial charge in [0.05, 0.1) is 5.02 Å². The van der Waals surface area contributed by atoms with Crippen LogP contribution in [0.25, 0.3) is 0 Å². The predicted octanol–water partition coefficient (Wildman–Crippen LogP) is 6.01. The maximum Gasteiger partial charge on any atom is 0.261 e. The first-order valence-corrected chi connectivity index (χ1v) is 11.3. The van der Waals surface area contributed by atoms with Gasteiger partial charge in [-0.3, -0.25) is 9.59 Å². The highest BCUT2D eigenvalue weighted by molar-refractivity contribution is 6.36. The largest absolute Gasteiger partial charge is 0.482 e. The summed E-state index contributed by atoms with van der Waals surface area (Å²) in [6.07, 6.45) is 0.765. The van der Waals surface area contributed by atoms with Crippen molar-refractivity contribution in [3.63, 3.8) is 0 Å². The Morgan fingerprint density at radius 3 is 2.26 bits per heavy atom. The van der Waals surface area contributed by atoms with Gasteiger partial charge in [0.25, 0.3) is 5.91 Å². The molecule has 0 bridgehead atoms. The Morgan fingerprint density at radius 1 is 1.03 bits per heavy atom. The number of amides is 2. The summed E-state index contributed by atoms with van der Waals surface area (Å²) in [6.45, 7) is 5.23. The number of rotatable bonds is 9. The van der Waals surface area contributed by atoms with E-state index in [0.717, 1.165) is 6.42 Å². The van der Waals surface area contributed by atoms with E-state index >= 15 is 0 Å². The maximum atomic E-state index is 13.1. The number of nitrogens with one attached hydrogen (secondary N) is 1. The van der Waals surface area contributed by atoms with E-state index in [2.05, 4.69) is 5.32 Å². The molecule has 2 amide bonds. The molecular formula is C22H24Cl4N2O3. The first-order valence-electron chi connectivity index (χ1n) is 9.74. The Kier molecular flexibility index (Phi) is 9.76. The monoisotopic (exact) mass is 504 g/mol. The molecule has 2 aromatic rings. The molecule has 1 N–H and O–H groups in total. The number of ether oxygens (including phenoxy) is 1. The Hall–Kier alpha value is -1.66. The minimum absolute atomic E-state index is 0.0278. The average Bonchev–Trinajstić information content (AvgIpc) is 2.72. The normalized spacial score (nSPS) is 12.7. The van der Waals surface area contributed by atoms with Crippen molar-refractivity contribution in [1.82, 2.24) is 10.2 Å². The summed E-state index contributed by atoms with van der Waals surface area (Å²) in [5.41, 5.74) is 0.548. The van der Waals surface area contributed by atoms with Crippen LogP contribution in [-0.4, -0.2) is 35.4 Å². The number of halogens is 4. The molecule has 0 saturated carbocycles. The highest BCUT2D eigenvalue weighted by atomic mass is 35.5. The average molecular weight is 506 g/mol. The Labute approximate surface area is 202 Å². The molecule has 0 aliphatic rings. The lowest BCUT2D eigenvalue weighted by Crippen LogP contribution is -2.50. The number of hydrogen-bond donors (Lipinski definition) is 1. The van der Waals surface area contributed by atoms with E-state index in [1.54, 1.807) is 37.3 Å². The van der Waals surface area contributed by atoms with Crippen LogP contribution in [0.15, 0.2) is 36.4 Å². The van der Waals surface area contributed by atoms with Crippen molar-refractivity contribution in [1.29, 1.82) is 0 Å². The van der Waals surface area contributed by atoms with Crippen LogP contribution in [0.4, 0.5) is 0 Å². The lowest BCUT2D eigenvalue weighted by atomic mass is 10.1. The molecule has 0 aromatic heterocycles. The van der Waals surface area contributed by atoms with Gasteiger partial charge in [-0.1, -0.05) is 59.4 Å². The van der Waals surface area contributed by atoms with E-state index < -0.39 is 11.9 Å². The molecule has 0 fully saturated rings. The van der Waals surface area contributed by atoms with E-state index in [0.29, 0.717) is 26.4 Å². The molecule has 168 valence electrons. The second kappa shape index (κ2) is 11.8. The second-order valence-electron chi connectivity index (χ2n) is 7.08. The lowest BCUT2D eigenvalue weighted by molar-refractivity contribution is -0.142. The van der Waals surface area contributed by atoms with Crippen LogP contribution in [0.5, 0.6) is 5.75 Å². The highest BCUT2D eigenvalue weighted by Crippen LogP contribution is 2.29. The third-order valence-corrected chi connectivity index (χ3v) is 6.04. The number of nitrogens with zero attached hydrogens (tertiary/aromatic N) is 1. The van der Waals surface area contributed by atoms with Crippen LogP contribution in [0, 0.1) is 0 Å². The van der Waals surface area contributed by atoms with Gasteiger partial charge in [0, 0.05) is 33.2 Å². The van der Waals surface area contributed by atoms with Crippen LogP contribution in [0.2, 0.25) is 20.1 Å². The Bertz CT molecular complexity index is 919. The third-order valence-electron chi connectivity index (χ3n) is 4.80. The van der Waals surface area contributed by atoms with Crippen LogP contribution in [-0.2, 0) is 16.1 Å². The van der Waals surface area contributed by atoms with Gasteiger partial charge in [0.15, 0.2) is 6.61 Å². The molecule has 0 spiro atoms. The lowest BCUT2D eigenvalue weighted by Gasteiger charge is -2.30. The summed E-state index contributed by atoms with van der Waals surface area (Å²) < 4.78 is 5.59. The first-order chi connectivity index (χ1) is 14.6. The van der Waals surface area contributed by atoms with Crippen LogP contribution >= 0.6 is 46.4 Å². The zero-order valence-electron chi connectivity index (χ0n) is 17.4. The summed E-state index contributed by atoms with van der Waals surface area (Å²) in [6, 6.07) is 8.97. The number of carbonyl (C=O) groups is 2. The van der Waals surface area contributed by atoms with Gasteiger partial charge in [0.1, 0.15) is 11.8 Å². The van der Waals surface area contributed by atoms with Crippen LogP contribution < -0.4 is 10.1 Å². The molecule has 31 heavy (non-hydrogen) atoms. The fourth-order valence-corrected chi connectivity index (χ4v) is 3.70. The van der Waals surface area contributed by atoms with Crippen molar-refractivity contribution in [2.75, 3.05) is 6.61 Å². The van der Waals surface area contributed by atoms with Gasteiger partial charge in [-0.15, -0.1) is 0 Å². The third kappa shape index (κ3) is 7.18. The van der Waals surface area contributed by atoms with Crippen molar-refractivity contribution >= 4 is 58.2 Å². The smallest absolute Gasteiger partial charge is 0.261 e. The summed E-state index contributed by atoms with van der Waals surface area (Å²) in [5.74, 6) is -0.393. The topological polar surface area (TPSA) is 58.6 Å². The molecule has 0 heterocycles. The molecule has 9 heteroatoms. The number of hydrogen-bond acceptors (Lipinski definition) is 3. The van der Waals surface area contributed by atoms with Gasteiger partial charge in [0.2, 0.25) is 5.91 Å². The summed E-state index contributed by atoms with van der Waals surface area (Å²) in [4.78, 5) is 27.2. The minimum Gasteiger partial charge on any atom is -0.482 e. The van der Waals surface area contributed by atoms with Gasteiger partial charge in [-0.25, -0.2) is 0 Å². The molecule has 0 radical (unpaired) electrons. The Balaban J connectivity index is 2.24. The molecule has 0 unspecified atom stereocenters. The Morgan fingerprint density at radius 2 is 1.68 bits per heavy atom. The van der Waals surface area contributed by atoms with Gasteiger partial charge in [-0.2, -0.15) is 0 Å². The quantitative estimate of drug-likeness (QED) is 0.453. The summed E-state index contributed by atoms with van der Waals surface area (Å²) in [5, 5.41) is 4.44. The van der Waals surface area contributed by atoms with Gasteiger partial charge in [-0.05, 0) is 50.6 Å². The van der Waals surface area contributed by atoms with E-state index in [1.165, 1.54) is 11.0 Å². The van der Waals surface area contributed by atoms with E-state index in [1.807, 2.05) is 13.8 Å². The molecule has 5 nitrogen and oxygen atoms in total. The van der Waals surface area contributed by atoms with E-state index in [-0.39, 0.29) is 30.1 Å². The fraction of sp³-hybridized carbons (Fsp3) is 0.364. The molecule has 2 aromatic carbocycles. The molecule has 2 rings (SSSR count).